The van der Waals surface area contributed by atoms with Crippen molar-refractivity contribution in [3.05, 3.63) is 40.7 Å². The SMILES string of the molecule is F/C(=C\Cl)c1ccc(C2CCC(CBr)CC2)cc1F. The van der Waals surface area contributed by atoms with Gasteiger partial charge in [0.25, 0.3) is 0 Å². The normalized spacial score (nSPS) is 24.5. The second kappa shape index (κ2) is 6.85. The van der Waals surface area contributed by atoms with Gasteiger partial charge in [-0.25, -0.2) is 8.78 Å². The zero-order valence-electron chi connectivity index (χ0n) is 10.5. The molecule has 0 saturated heterocycles. The van der Waals surface area contributed by atoms with Crippen molar-refractivity contribution in [1.29, 1.82) is 0 Å². The van der Waals surface area contributed by atoms with Crippen LogP contribution < -0.4 is 0 Å². The van der Waals surface area contributed by atoms with Gasteiger partial charge < -0.3 is 0 Å². The molecule has 1 aromatic carbocycles. The summed E-state index contributed by atoms with van der Waals surface area (Å²) in [4.78, 5) is 0. The summed E-state index contributed by atoms with van der Waals surface area (Å²) in [5, 5.41) is 1.04. The zero-order valence-corrected chi connectivity index (χ0v) is 12.9. The van der Waals surface area contributed by atoms with Crippen LogP contribution in [0.1, 0.15) is 42.7 Å². The molecule has 0 N–H and O–H groups in total. The molecular formula is C15H16BrClF2. The molecule has 0 unspecified atom stereocenters. The Morgan fingerprint density at radius 3 is 2.53 bits per heavy atom. The molecule has 1 aliphatic carbocycles. The molecule has 1 aromatic rings. The fourth-order valence-electron chi connectivity index (χ4n) is 2.69. The highest BCUT2D eigenvalue weighted by Gasteiger charge is 2.22. The van der Waals surface area contributed by atoms with E-state index in [0.29, 0.717) is 5.92 Å². The fraction of sp³-hybridized carbons (Fsp3) is 0.467. The minimum Gasteiger partial charge on any atom is -0.206 e. The van der Waals surface area contributed by atoms with Crippen molar-refractivity contribution >= 4 is 33.4 Å². The molecule has 0 amide bonds. The van der Waals surface area contributed by atoms with E-state index in [9.17, 15) is 8.78 Å². The first-order valence-electron chi connectivity index (χ1n) is 6.47. The van der Waals surface area contributed by atoms with Gasteiger partial charge in [-0.05, 0) is 55.2 Å². The van der Waals surface area contributed by atoms with Crippen LogP contribution in [0.4, 0.5) is 8.78 Å². The van der Waals surface area contributed by atoms with Crippen molar-refractivity contribution in [2.24, 2.45) is 5.92 Å². The molecular weight excluding hydrogens is 334 g/mol. The van der Waals surface area contributed by atoms with E-state index in [0.717, 1.165) is 48.0 Å². The molecule has 0 radical (unpaired) electrons. The molecule has 4 heteroatoms. The van der Waals surface area contributed by atoms with Crippen molar-refractivity contribution in [2.45, 2.75) is 31.6 Å². The summed E-state index contributed by atoms with van der Waals surface area (Å²) in [7, 11) is 0. The van der Waals surface area contributed by atoms with Gasteiger partial charge in [-0.3, -0.25) is 0 Å². The lowest BCUT2D eigenvalue weighted by Crippen LogP contribution is -2.14. The molecule has 0 aromatic heterocycles. The van der Waals surface area contributed by atoms with Gasteiger partial charge >= 0.3 is 0 Å². The average Bonchev–Trinajstić information content (AvgIpc) is 2.46. The lowest BCUT2D eigenvalue weighted by Gasteiger charge is -2.27. The zero-order chi connectivity index (χ0) is 13.8. The molecule has 0 aliphatic heterocycles. The minimum atomic E-state index is -0.728. The highest BCUT2D eigenvalue weighted by atomic mass is 79.9. The van der Waals surface area contributed by atoms with Crippen LogP contribution in [0.5, 0.6) is 0 Å². The second-order valence-electron chi connectivity index (χ2n) is 5.07. The Balaban J connectivity index is 2.12. The molecule has 1 fully saturated rings. The van der Waals surface area contributed by atoms with Gasteiger partial charge in [0.2, 0.25) is 0 Å². The van der Waals surface area contributed by atoms with Gasteiger partial charge in [-0.1, -0.05) is 33.6 Å². The van der Waals surface area contributed by atoms with E-state index >= 15 is 0 Å². The van der Waals surface area contributed by atoms with Crippen molar-refractivity contribution < 1.29 is 8.78 Å². The molecule has 0 atom stereocenters. The van der Waals surface area contributed by atoms with Gasteiger partial charge in [0.15, 0.2) is 0 Å². The summed E-state index contributed by atoms with van der Waals surface area (Å²) in [5.74, 6) is -0.137. The van der Waals surface area contributed by atoms with Crippen molar-refractivity contribution in [3.8, 4) is 0 Å². The molecule has 104 valence electrons. The number of benzene rings is 1. The van der Waals surface area contributed by atoms with Crippen LogP contribution in [0.2, 0.25) is 0 Å². The van der Waals surface area contributed by atoms with Crippen LogP contribution in [0.25, 0.3) is 5.83 Å². The smallest absolute Gasteiger partial charge is 0.144 e. The Labute approximate surface area is 126 Å². The lowest BCUT2D eigenvalue weighted by atomic mass is 9.79. The summed E-state index contributed by atoms with van der Waals surface area (Å²) in [6.07, 6.45) is 4.47. The number of hydrogen-bond donors (Lipinski definition) is 0. The van der Waals surface area contributed by atoms with Gasteiger partial charge in [-0.15, -0.1) is 0 Å². The Bertz CT molecular complexity index is 465. The first-order chi connectivity index (χ1) is 9.15. The molecule has 0 nitrogen and oxygen atoms in total. The van der Waals surface area contributed by atoms with E-state index in [-0.39, 0.29) is 5.56 Å². The van der Waals surface area contributed by atoms with Crippen LogP contribution in [0.3, 0.4) is 0 Å². The van der Waals surface area contributed by atoms with Gasteiger partial charge in [0.1, 0.15) is 11.6 Å². The molecule has 0 bridgehead atoms. The van der Waals surface area contributed by atoms with E-state index in [1.807, 2.05) is 6.07 Å². The average molecular weight is 350 g/mol. The van der Waals surface area contributed by atoms with Crippen molar-refractivity contribution in [1.82, 2.24) is 0 Å². The highest BCUT2D eigenvalue weighted by molar-refractivity contribution is 9.09. The van der Waals surface area contributed by atoms with Gasteiger partial charge in [-0.2, -0.15) is 0 Å². The molecule has 1 saturated carbocycles. The predicted octanol–water partition coefficient (Wildman–Crippen LogP) is 6.00. The van der Waals surface area contributed by atoms with Crippen LogP contribution in [0, 0.1) is 11.7 Å². The van der Waals surface area contributed by atoms with Crippen molar-refractivity contribution in [2.75, 3.05) is 5.33 Å². The highest BCUT2D eigenvalue weighted by Crippen LogP contribution is 2.37. The number of alkyl halides is 1. The number of rotatable bonds is 3. The molecule has 2 rings (SSSR count). The fourth-order valence-corrected chi connectivity index (χ4v) is 3.45. The standard InChI is InChI=1S/C15H16BrClF2/c16-8-10-1-3-11(4-2-10)12-5-6-13(14(18)7-12)15(19)9-17/h5-7,9-11H,1-4,8H2/b15-9-. The molecule has 0 heterocycles. The van der Waals surface area contributed by atoms with Crippen LogP contribution in [0.15, 0.2) is 23.7 Å². The Kier molecular flexibility index (Phi) is 5.40. The van der Waals surface area contributed by atoms with Gasteiger partial charge in [0, 0.05) is 16.4 Å². The topological polar surface area (TPSA) is 0 Å². The summed E-state index contributed by atoms with van der Waals surface area (Å²) >= 11 is 8.78. The summed E-state index contributed by atoms with van der Waals surface area (Å²) in [6.45, 7) is 0. The maximum Gasteiger partial charge on any atom is 0.144 e. The summed E-state index contributed by atoms with van der Waals surface area (Å²) < 4.78 is 27.1. The summed E-state index contributed by atoms with van der Waals surface area (Å²) in [6, 6.07) is 4.75. The van der Waals surface area contributed by atoms with E-state index < -0.39 is 11.6 Å². The van der Waals surface area contributed by atoms with E-state index in [4.69, 9.17) is 11.6 Å². The lowest BCUT2D eigenvalue weighted by molar-refractivity contribution is 0.353. The molecule has 19 heavy (non-hydrogen) atoms. The van der Waals surface area contributed by atoms with E-state index in [1.54, 1.807) is 0 Å². The van der Waals surface area contributed by atoms with Gasteiger partial charge in [0.05, 0.1) is 0 Å². The third-order valence-electron chi connectivity index (χ3n) is 3.88. The Morgan fingerprint density at radius 1 is 1.32 bits per heavy atom. The maximum atomic E-state index is 13.8. The summed E-state index contributed by atoms with van der Waals surface area (Å²) in [5.41, 5.74) is 1.67. The first kappa shape index (κ1) is 15.0. The number of halogens is 4. The maximum absolute atomic E-state index is 13.8. The largest absolute Gasteiger partial charge is 0.206 e. The predicted molar refractivity (Wildman–Crippen MR) is 79.8 cm³/mol. The monoisotopic (exact) mass is 348 g/mol. The number of hydrogen-bond acceptors (Lipinski definition) is 0. The third kappa shape index (κ3) is 3.57. The third-order valence-corrected chi connectivity index (χ3v) is 4.99. The van der Waals surface area contributed by atoms with Crippen LogP contribution in [-0.2, 0) is 0 Å². The second-order valence-corrected chi connectivity index (χ2v) is 5.93. The quantitative estimate of drug-likeness (QED) is 0.587. The van der Waals surface area contributed by atoms with E-state index in [2.05, 4.69) is 15.9 Å². The first-order valence-corrected chi connectivity index (χ1v) is 8.03. The molecule has 0 spiro atoms. The van der Waals surface area contributed by atoms with Crippen LogP contribution in [-0.4, -0.2) is 5.33 Å². The Morgan fingerprint density at radius 2 is 2.00 bits per heavy atom. The van der Waals surface area contributed by atoms with Crippen LogP contribution >= 0.6 is 27.5 Å². The van der Waals surface area contributed by atoms with Crippen molar-refractivity contribution in [3.63, 3.8) is 0 Å². The minimum absolute atomic E-state index is 0.0621. The van der Waals surface area contributed by atoms with E-state index in [1.165, 1.54) is 12.1 Å². The molecule has 1 aliphatic rings. The Hall–Kier alpha value is -0.410.